The van der Waals surface area contributed by atoms with Crippen molar-refractivity contribution in [1.29, 1.82) is 0 Å². The summed E-state index contributed by atoms with van der Waals surface area (Å²) >= 11 is 2.78. The number of hydrogen-bond donors (Lipinski definition) is 3. The molecule has 1 amide bonds. The minimum Gasteiger partial charge on any atom is -0.398 e. The number of nitrogens with one attached hydrogen (secondary N) is 1. The summed E-state index contributed by atoms with van der Waals surface area (Å²) < 4.78 is 17.2. The first-order valence-electron chi connectivity index (χ1n) is 12.7. The zero-order valence-electron chi connectivity index (χ0n) is 21.5. The molecular formula is C28H27FN6O2S2. The summed E-state index contributed by atoms with van der Waals surface area (Å²) in [7, 11) is 0. The molecule has 3 aromatic heterocycles. The normalized spacial score (nSPS) is 14.8. The third-order valence-electron chi connectivity index (χ3n) is 7.23. The smallest absolute Gasteiger partial charge is 0.278 e. The van der Waals surface area contributed by atoms with Crippen LogP contribution in [-0.4, -0.2) is 26.5 Å². The van der Waals surface area contributed by atoms with E-state index in [9.17, 15) is 14.0 Å². The molecule has 0 saturated heterocycles. The third kappa shape index (κ3) is 4.55. The van der Waals surface area contributed by atoms with Gasteiger partial charge in [-0.15, -0.1) is 22.7 Å². The molecule has 5 N–H and O–H groups in total. The molecule has 11 heteroatoms. The zero-order valence-corrected chi connectivity index (χ0v) is 23.1. The van der Waals surface area contributed by atoms with Crippen molar-refractivity contribution in [3.05, 3.63) is 68.3 Å². The first-order chi connectivity index (χ1) is 18.8. The van der Waals surface area contributed by atoms with Crippen LogP contribution in [0.1, 0.15) is 53.3 Å². The summed E-state index contributed by atoms with van der Waals surface area (Å²) in [4.78, 5) is 33.6. The van der Waals surface area contributed by atoms with Crippen molar-refractivity contribution in [2.45, 2.75) is 51.6 Å². The van der Waals surface area contributed by atoms with Gasteiger partial charge in [0.1, 0.15) is 17.0 Å². The predicted octanol–water partition coefficient (Wildman–Crippen LogP) is 5.57. The maximum absolute atomic E-state index is 14.3. The van der Waals surface area contributed by atoms with E-state index in [1.165, 1.54) is 22.7 Å². The van der Waals surface area contributed by atoms with Gasteiger partial charge in [-0.05, 0) is 69.4 Å². The number of nitrogens with two attached hydrogens (primary N) is 2. The molecule has 0 bridgehead atoms. The van der Waals surface area contributed by atoms with E-state index in [0.29, 0.717) is 33.2 Å². The molecule has 2 saturated carbocycles. The van der Waals surface area contributed by atoms with Gasteiger partial charge in [-0.2, -0.15) is 0 Å². The van der Waals surface area contributed by atoms with Crippen LogP contribution in [0.2, 0.25) is 0 Å². The first-order valence-corrected chi connectivity index (χ1v) is 14.5. The Kier molecular flexibility index (Phi) is 6.35. The predicted molar refractivity (Wildman–Crippen MR) is 156 cm³/mol. The Morgan fingerprint density at radius 2 is 1.69 bits per heavy atom. The number of hydrogen-bond acceptors (Lipinski definition) is 8. The maximum atomic E-state index is 14.3. The average Bonchev–Trinajstić information content (AvgIpc) is 3.82. The van der Waals surface area contributed by atoms with Gasteiger partial charge >= 0.3 is 0 Å². The van der Waals surface area contributed by atoms with E-state index in [4.69, 9.17) is 11.5 Å². The Morgan fingerprint density at radius 1 is 1.00 bits per heavy atom. The summed E-state index contributed by atoms with van der Waals surface area (Å²) in [6.07, 6.45) is 4.14. The third-order valence-corrected chi connectivity index (χ3v) is 8.95. The number of aryl methyl sites for hydroxylation is 1. The fourth-order valence-electron chi connectivity index (χ4n) is 4.65. The quantitative estimate of drug-likeness (QED) is 0.246. The van der Waals surface area contributed by atoms with Crippen LogP contribution in [0, 0.1) is 19.7 Å². The Balaban J connectivity index is 0.000000142. The highest BCUT2D eigenvalue weighted by molar-refractivity contribution is 7.17. The van der Waals surface area contributed by atoms with Gasteiger partial charge in [0.05, 0.1) is 26.1 Å². The van der Waals surface area contributed by atoms with Gasteiger partial charge in [-0.1, -0.05) is 0 Å². The summed E-state index contributed by atoms with van der Waals surface area (Å²) in [5.74, 6) is -0.632. The molecule has 3 heterocycles. The van der Waals surface area contributed by atoms with Crippen LogP contribution in [0.4, 0.5) is 15.8 Å². The lowest BCUT2D eigenvalue weighted by Crippen LogP contribution is -2.26. The summed E-state index contributed by atoms with van der Waals surface area (Å²) in [5, 5.41) is 3.96. The molecule has 7 rings (SSSR count). The monoisotopic (exact) mass is 562 g/mol. The van der Waals surface area contributed by atoms with E-state index in [1.807, 2.05) is 23.6 Å². The van der Waals surface area contributed by atoms with Gasteiger partial charge in [-0.3, -0.25) is 9.59 Å². The average molecular weight is 563 g/mol. The Labute approximate surface area is 231 Å². The number of rotatable bonds is 4. The van der Waals surface area contributed by atoms with Crippen molar-refractivity contribution in [2.75, 3.05) is 11.5 Å². The van der Waals surface area contributed by atoms with Crippen molar-refractivity contribution in [2.24, 2.45) is 0 Å². The van der Waals surface area contributed by atoms with Gasteiger partial charge in [0, 0.05) is 40.0 Å². The van der Waals surface area contributed by atoms with Crippen molar-refractivity contribution in [1.82, 2.24) is 19.9 Å². The van der Waals surface area contributed by atoms with Gasteiger partial charge in [-0.25, -0.2) is 14.4 Å². The molecule has 200 valence electrons. The molecule has 5 aromatic rings. The number of fused-ring (bicyclic) bond motifs is 3. The SMILES string of the molecule is Cc1c(N)ccc(-c2scnc2C(=O)NC2CC2)c1F.Cc1c(N)ccc2c3scnc3c(=O)n(C3CC3)c12. The Bertz CT molecular complexity index is 1820. The standard InChI is InChI=1S/C14H14FN3OS.C14H13N3OS/c1-7-10(16)5-4-9(11(7)15)13-12(17-6-20-13)14(19)18-8-2-3-8;1-7-10(15)5-4-9-12(7)17(8-2-3-8)14(18)11-13(9)19-6-16-11/h4-6,8H,2-3,16H2,1H3,(H,18,19);4-6,8H,2-3,15H2,1H3. The van der Waals surface area contributed by atoms with Crippen LogP contribution in [0.3, 0.4) is 0 Å². The Morgan fingerprint density at radius 3 is 2.41 bits per heavy atom. The molecule has 2 aliphatic rings. The highest BCUT2D eigenvalue weighted by Crippen LogP contribution is 2.39. The Hall–Kier alpha value is -3.83. The van der Waals surface area contributed by atoms with E-state index in [0.717, 1.165) is 52.5 Å². The van der Waals surface area contributed by atoms with Gasteiger partial charge in [0.15, 0.2) is 0 Å². The molecule has 8 nitrogen and oxygen atoms in total. The van der Waals surface area contributed by atoms with Crippen molar-refractivity contribution < 1.29 is 9.18 Å². The largest absolute Gasteiger partial charge is 0.398 e. The molecule has 0 unspecified atom stereocenters. The van der Waals surface area contributed by atoms with E-state index >= 15 is 0 Å². The number of amides is 1. The fourth-order valence-corrected chi connectivity index (χ4v) is 6.26. The molecule has 0 spiro atoms. The van der Waals surface area contributed by atoms with Crippen LogP contribution in [-0.2, 0) is 0 Å². The highest BCUT2D eigenvalue weighted by atomic mass is 32.1. The number of nitrogen functional groups attached to an aromatic ring is 2. The van der Waals surface area contributed by atoms with Crippen molar-refractivity contribution in [3.63, 3.8) is 0 Å². The number of carbonyl (C=O) groups excluding carboxylic acids is 1. The maximum Gasteiger partial charge on any atom is 0.278 e. The summed E-state index contributed by atoms with van der Waals surface area (Å²) in [6.45, 7) is 3.61. The van der Waals surface area contributed by atoms with Gasteiger partial charge < -0.3 is 21.4 Å². The lowest BCUT2D eigenvalue weighted by molar-refractivity contribution is 0.0947. The fraction of sp³-hybridized carbons (Fsp3) is 0.286. The second-order valence-electron chi connectivity index (χ2n) is 10.0. The molecule has 0 atom stereocenters. The number of halogens is 1. The number of benzene rings is 2. The molecule has 2 aromatic carbocycles. The second-order valence-corrected chi connectivity index (χ2v) is 11.7. The molecule has 2 aliphatic carbocycles. The molecule has 0 aliphatic heterocycles. The molecular weight excluding hydrogens is 535 g/mol. The van der Waals surface area contributed by atoms with E-state index < -0.39 is 5.82 Å². The van der Waals surface area contributed by atoms with Crippen LogP contribution >= 0.6 is 22.7 Å². The van der Waals surface area contributed by atoms with Crippen LogP contribution in [0.5, 0.6) is 0 Å². The topological polar surface area (TPSA) is 129 Å². The number of aromatic nitrogens is 3. The van der Waals surface area contributed by atoms with E-state index in [-0.39, 0.29) is 23.2 Å². The molecule has 39 heavy (non-hydrogen) atoms. The molecule has 0 radical (unpaired) electrons. The van der Waals surface area contributed by atoms with Crippen LogP contribution in [0.15, 0.2) is 40.1 Å². The van der Waals surface area contributed by atoms with Crippen molar-refractivity contribution >= 4 is 61.1 Å². The minimum absolute atomic E-state index is 0.0277. The van der Waals surface area contributed by atoms with E-state index in [2.05, 4.69) is 15.3 Å². The minimum atomic E-state index is -0.394. The lowest BCUT2D eigenvalue weighted by atomic mass is 10.1. The second kappa shape index (κ2) is 9.73. The number of pyridine rings is 1. The highest BCUT2D eigenvalue weighted by Gasteiger charge is 2.29. The number of nitrogens with zero attached hydrogens (tertiary/aromatic N) is 3. The van der Waals surface area contributed by atoms with Crippen LogP contribution < -0.4 is 22.3 Å². The van der Waals surface area contributed by atoms with Gasteiger partial charge in [0.2, 0.25) is 0 Å². The number of carbonyl (C=O) groups is 1. The van der Waals surface area contributed by atoms with E-state index in [1.54, 1.807) is 30.1 Å². The summed E-state index contributed by atoms with van der Waals surface area (Å²) in [6, 6.07) is 7.74. The first kappa shape index (κ1) is 25.4. The lowest BCUT2D eigenvalue weighted by Gasteiger charge is -2.13. The van der Waals surface area contributed by atoms with Crippen LogP contribution in [0.25, 0.3) is 31.6 Å². The van der Waals surface area contributed by atoms with Crippen molar-refractivity contribution in [3.8, 4) is 10.4 Å². The number of anilines is 2. The zero-order chi connectivity index (χ0) is 27.4. The molecule has 2 fully saturated rings. The van der Waals surface area contributed by atoms with Gasteiger partial charge in [0.25, 0.3) is 11.5 Å². The summed E-state index contributed by atoms with van der Waals surface area (Å²) in [5.41, 5.74) is 19.8. The number of thiazole rings is 2.